The lowest BCUT2D eigenvalue weighted by Gasteiger charge is -2.33. The summed E-state index contributed by atoms with van der Waals surface area (Å²) in [6, 6.07) is 4.92. The minimum atomic E-state index is 0.666. The highest BCUT2D eigenvalue weighted by Crippen LogP contribution is 2.37. The van der Waals surface area contributed by atoms with E-state index in [2.05, 4.69) is 26.0 Å². The molecule has 0 amide bonds. The number of hydrogen-bond donors (Lipinski definition) is 2. The van der Waals surface area contributed by atoms with Crippen molar-refractivity contribution in [1.29, 1.82) is 0 Å². The van der Waals surface area contributed by atoms with Crippen LogP contribution >= 0.6 is 0 Å². The topological polar surface area (TPSA) is 36.6 Å². The fourth-order valence-electron chi connectivity index (χ4n) is 3.41. The molecular weight excluding hydrogens is 292 g/mol. The third kappa shape index (κ3) is 4.30. The van der Waals surface area contributed by atoms with Crippen LogP contribution in [0.1, 0.15) is 25.8 Å². The van der Waals surface area contributed by atoms with Crippen LogP contribution in [0.2, 0.25) is 0 Å². The number of benzene rings is 1. The Morgan fingerprint density at radius 3 is 1.96 bits per heavy atom. The smallest absolute Gasteiger partial charge is 0.203 e. The Morgan fingerprint density at radius 1 is 0.957 bits per heavy atom. The van der Waals surface area contributed by atoms with Gasteiger partial charge < -0.3 is 24.0 Å². The predicted octanol–water partition coefficient (Wildman–Crippen LogP) is -0.206. The van der Waals surface area contributed by atoms with Crippen molar-refractivity contribution < 1.29 is 24.0 Å². The van der Waals surface area contributed by atoms with E-state index in [0.717, 1.165) is 24.1 Å². The normalized spacial score (nSPS) is 22.5. The SMILES string of the molecule is CCC(C)[NH+]1CC[NH+](Cc2cc(OC)c(OC)c(OC)c2)CC1. The first kappa shape index (κ1) is 17.9. The molecule has 1 atom stereocenters. The minimum Gasteiger partial charge on any atom is -0.493 e. The Balaban J connectivity index is 2.04. The van der Waals surface area contributed by atoms with Gasteiger partial charge in [0.2, 0.25) is 5.75 Å². The number of hydrogen-bond acceptors (Lipinski definition) is 3. The molecule has 1 fully saturated rings. The fraction of sp³-hybridized carbons (Fsp3) is 0.667. The average molecular weight is 324 g/mol. The van der Waals surface area contributed by atoms with Crippen molar-refractivity contribution in [3.63, 3.8) is 0 Å². The van der Waals surface area contributed by atoms with Gasteiger partial charge in [-0.1, -0.05) is 6.92 Å². The highest BCUT2D eigenvalue weighted by atomic mass is 16.5. The molecule has 0 bridgehead atoms. The van der Waals surface area contributed by atoms with Crippen LogP contribution in [0.25, 0.3) is 0 Å². The zero-order valence-corrected chi connectivity index (χ0v) is 15.2. The molecule has 1 aromatic rings. The zero-order valence-electron chi connectivity index (χ0n) is 15.2. The van der Waals surface area contributed by atoms with Crippen LogP contribution in [0.3, 0.4) is 0 Å². The Hall–Kier alpha value is -1.46. The Bertz CT molecular complexity index is 474. The van der Waals surface area contributed by atoms with Gasteiger partial charge in [-0.3, -0.25) is 0 Å². The predicted molar refractivity (Wildman–Crippen MR) is 90.9 cm³/mol. The van der Waals surface area contributed by atoms with Gasteiger partial charge in [-0.05, 0) is 25.5 Å². The van der Waals surface area contributed by atoms with Crippen LogP contribution in [0.4, 0.5) is 0 Å². The van der Waals surface area contributed by atoms with E-state index in [1.807, 2.05) is 0 Å². The van der Waals surface area contributed by atoms with Crippen molar-refractivity contribution in [3.05, 3.63) is 17.7 Å². The maximum atomic E-state index is 5.45. The number of rotatable bonds is 7. The molecule has 0 spiro atoms. The van der Waals surface area contributed by atoms with Gasteiger partial charge in [0.05, 0.1) is 27.4 Å². The van der Waals surface area contributed by atoms with Crippen molar-refractivity contribution in [3.8, 4) is 17.2 Å². The second-order valence-electron chi connectivity index (χ2n) is 6.43. The maximum Gasteiger partial charge on any atom is 0.203 e. The van der Waals surface area contributed by atoms with Crippen molar-refractivity contribution >= 4 is 0 Å². The molecule has 5 nitrogen and oxygen atoms in total. The van der Waals surface area contributed by atoms with Crippen molar-refractivity contribution in [2.75, 3.05) is 47.5 Å². The second kappa shape index (κ2) is 8.41. The molecule has 23 heavy (non-hydrogen) atoms. The summed E-state index contributed by atoms with van der Waals surface area (Å²) >= 11 is 0. The average Bonchev–Trinajstić information content (AvgIpc) is 2.60. The molecule has 2 rings (SSSR count). The summed E-state index contributed by atoms with van der Waals surface area (Å²) in [6.07, 6.45) is 1.26. The summed E-state index contributed by atoms with van der Waals surface area (Å²) in [5, 5.41) is 0. The third-order valence-corrected chi connectivity index (χ3v) is 5.09. The summed E-state index contributed by atoms with van der Waals surface area (Å²) < 4.78 is 16.3. The zero-order chi connectivity index (χ0) is 16.8. The number of quaternary nitrogens is 2. The molecule has 1 unspecified atom stereocenters. The van der Waals surface area contributed by atoms with Crippen LogP contribution < -0.4 is 24.0 Å². The van der Waals surface area contributed by atoms with E-state index in [0.29, 0.717) is 5.75 Å². The second-order valence-corrected chi connectivity index (χ2v) is 6.43. The van der Waals surface area contributed by atoms with Gasteiger partial charge in [0.15, 0.2) is 11.5 Å². The van der Waals surface area contributed by atoms with Gasteiger partial charge in [-0.2, -0.15) is 0 Å². The van der Waals surface area contributed by atoms with Gasteiger partial charge in [0.1, 0.15) is 32.7 Å². The van der Waals surface area contributed by atoms with Crippen LogP contribution in [0, 0.1) is 0 Å². The highest BCUT2D eigenvalue weighted by molar-refractivity contribution is 5.53. The number of nitrogens with one attached hydrogen (secondary N) is 2. The summed E-state index contributed by atoms with van der Waals surface area (Å²) in [6.45, 7) is 10.6. The molecule has 1 aliphatic heterocycles. The Kier molecular flexibility index (Phi) is 6.54. The standard InChI is InChI=1S/C18H30N2O3/c1-6-14(2)20-9-7-19(8-10-20)13-15-11-16(21-3)18(23-5)17(12-15)22-4/h11-12,14H,6-10,13H2,1-5H3/p+2. The van der Waals surface area contributed by atoms with Crippen LogP contribution in [0.5, 0.6) is 17.2 Å². The van der Waals surface area contributed by atoms with E-state index in [1.54, 1.807) is 31.1 Å². The minimum absolute atomic E-state index is 0.666. The highest BCUT2D eigenvalue weighted by Gasteiger charge is 2.26. The van der Waals surface area contributed by atoms with E-state index in [9.17, 15) is 0 Å². The Labute approximate surface area is 140 Å². The van der Waals surface area contributed by atoms with Crippen molar-refractivity contribution in [2.45, 2.75) is 32.9 Å². The number of ether oxygens (including phenoxy) is 3. The van der Waals surface area contributed by atoms with Gasteiger partial charge in [-0.25, -0.2) is 0 Å². The molecular formula is C18H32N2O3+2. The van der Waals surface area contributed by atoms with Crippen molar-refractivity contribution in [1.82, 2.24) is 0 Å². The third-order valence-electron chi connectivity index (χ3n) is 5.09. The lowest BCUT2D eigenvalue weighted by atomic mass is 10.1. The van der Waals surface area contributed by atoms with Crippen molar-refractivity contribution in [2.24, 2.45) is 0 Å². The monoisotopic (exact) mass is 324 g/mol. The molecule has 1 heterocycles. The van der Waals surface area contributed by atoms with Gasteiger partial charge in [-0.15, -0.1) is 0 Å². The van der Waals surface area contributed by atoms with Crippen LogP contribution in [-0.2, 0) is 6.54 Å². The summed E-state index contributed by atoms with van der Waals surface area (Å²) in [7, 11) is 4.98. The molecule has 2 N–H and O–H groups in total. The fourth-order valence-corrected chi connectivity index (χ4v) is 3.41. The summed E-state index contributed by atoms with van der Waals surface area (Å²) in [4.78, 5) is 3.38. The molecule has 1 saturated heterocycles. The lowest BCUT2D eigenvalue weighted by Crippen LogP contribution is -3.29. The van der Waals surface area contributed by atoms with E-state index < -0.39 is 0 Å². The van der Waals surface area contributed by atoms with Gasteiger partial charge in [0.25, 0.3) is 0 Å². The van der Waals surface area contributed by atoms with E-state index in [1.165, 1.54) is 38.2 Å². The lowest BCUT2D eigenvalue weighted by molar-refractivity contribution is -1.03. The van der Waals surface area contributed by atoms with E-state index >= 15 is 0 Å². The summed E-state index contributed by atoms with van der Waals surface area (Å²) in [5.74, 6) is 2.15. The van der Waals surface area contributed by atoms with E-state index in [-0.39, 0.29) is 0 Å². The van der Waals surface area contributed by atoms with Gasteiger partial charge in [0, 0.05) is 5.56 Å². The largest absolute Gasteiger partial charge is 0.493 e. The molecule has 130 valence electrons. The van der Waals surface area contributed by atoms with Crippen LogP contribution in [-0.4, -0.2) is 53.6 Å². The molecule has 1 aliphatic rings. The van der Waals surface area contributed by atoms with E-state index in [4.69, 9.17) is 14.2 Å². The first-order valence-corrected chi connectivity index (χ1v) is 8.59. The Morgan fingerprint density at radius 2 is 1.52 bits per heavy atom. The van der Waals surface area contributed by atoms with Crippen LogP contribution in [0.15, 0.2) is 12.1 Å². The maximum absolute atomic E-state index is 5.45. The quantitative estimate of drug-likeness (QED) is 0.729. The molecule has 0 aromatic heterocycles. The van der Waals surface area contributed by atoms with Gasteiger partial charge >= 0.3 is 0 Å². The molecule has 5 heteroatoms. The first-order valence-electron chi connectivity index (χ1n) is 8.59. The molecule has 0 saturated carbocycles. The number of methoxy groups -OCH3 is 3. The molecule has 0 aliphatic carbocycles. The molecule has 0 radical (unpaired) electrons. The summed E-state index contributed by atoms with van der Waals surface area (Å²) in [5.41, 5.74) is 1.24. The first-order chi connectivity index (χ1) is 11.1. The number of piperazine rings is 1. The molecule has 1 aromatic carbocycles.